The number of nitrogens with zero attached hydrogens (tertiary/aromatic N) is 2. The molecule has 0 spiro atoms. The molecule has 0 aromatic carbocycles. The van der Waals surface area contributed by atoms with Crippen LogP contribution in [-0.2, 0) is 6.42 Å². The summed E-state index contributed by atoms with van der Waals surface area (Å²) in [7, 11) is 0. The fourth-order valence-electron chi connectivity index (χ4n) is 1.38. The van der Waals surface area contributed by atoms with Crippen molar-refractivity contribution in [3.8, 4) is 0 Å². The highest BCUT2D eigenvalue weighted by Crippen LogP contribution is 2.13. The Morgan fingerprint density at radius 1 is 1.50 bits per heavy atom. The molecule has 2 aromatic heterocycles. The maximum atomic E-state index is 11.9. The molecule has 2 N–H and O–H groups in total. The molecule has 0 saturated heterocycles. The molecule has 0 atom stereocenters. The minimum atomic E-state index is 0.0153. The van der Waals surface area contributed by atoms with Crippen molar-refractivity contribution in [3.63, 3.8) is 0 Å². The van der Waals surface area contributed by atoms with E-state index in [1.807, 2.05) is 13.0 Å². The molecule has 0 aliphatic carbocycles. The fraction of sp³-hybridized carbons (Fsp3) is 0.182. The van der Waals surface area contributed by atoms with Gasteiger partial charge in [-0.1, -0.05) is 0 Å². The Bertz CT molecular complexity index is 521. The van der Waals surface area contributed by atoms with Crippen LogP contribution in [0, 0.1) is 6.92 Å². The summed E-state index contributed by atoms with van der Waals surface area (Å²) in [5.41, 5.74) is 7.81. The van der Waals surface area contributed by atoms with Crippen molar-refractivity contribution in [1.29, 1.82) is 0 Å². The first-order chi connectivity index (χ1) is 7.65. The number of hydrogen-bond acceptors (Lipinski definition) is 5. The molecule has 0 aliphatic rings. The minimum Gasteiger partial charge on any atom is -0.375 e. The molecule has 2 rings (SSSR count). The van der Waals surface area contributed by atoms with E-state index in [4.69, 9.17) is 5.73 Å². The highest BCUT2D eigenvalue weighted by Gasteiger charge is 2.09. The molecule has 0 radical (unpaired) electrons. The van der Waals surface area contributed by atoms with Crippen molar-refractivity contribution < 1.29 is 4.79 Å². The molecular weight excluding hydrogens is 222 g/mol. The SMILES string of the molecule is Cc1cncc(C(=O)Cc2csc(N)n2)c1. The Kier molecular flexibility index (Phi) is 2.96. The zero-order chi connectivity index (χ0) is 11.5. The molecule has 82 valence electrons. The largest absolute Gasteiger partial charge is 0.375 e. The lowest BCUT2D eigenvalue weighted by atomic mass is 10.1. The summed E-state index contributed by atoms with van der Waals surface area (Å²) < 4.78 is 0. The van der Waals surface area contributed by atoms with Crippen LogP contribution in [0.15, 0.2) is 23.8 Å². The van der Waals surface area contributed by atoms with Crippen LogP contribution >= 0.6 is 11.3 Å². The highest BCUT2D eigenvalue weighted by molar-refractivity contribution is 7.13. The number of rotatable bonds is 3. The van der Waals surface area contributed by atoms with Crippen molar-refractivity contribution >= 4 is 22.3 Å². The topological polar surface area (TPSA) is 68.9 Å². The average Bonchev–Trinajstić information content (AvgIpc) is 2.64. The van der Waals surface area contributed by atoms with Gasteiger partial charge in [-0.2, -0.15) is 0 Å². The zero-order valence-corrected chi connectivity index (χ0v) is 9.62. The van der Waals surface area contributed by atoms with E-state index < -0.39 is 0 Å². The Hall–Kier alpha value is -1.75. The number of carbonyl (C=O) groups excluding carboxylic acids is 1. The number of Topliss-reactive ketones (excluding diaryl/α,β-unsaturated/α-hetero) is 1. The van der Waals surface area contributed by atoms with E-state index in [-0.39, 0.29) is 12.2 Å². The molecule has 0 amide bonds. The summed E-state index contributed by atoms with van der Waals surface area (Å²) in [4.78, 5) is 19.9. The number of nitrogen functional groups attached to an aromatic ring is 1. The lowest BCUT2D eigenvalue weighted by Gasteiger charge is -1.99. The number of anilines is 1. The number of aryl methyl sites for hydroxylation is 1. The van der Waals surface area contributed by atoms with Crippen LogP contribution in [0.25, 0.3) is 0 Å². The van der Waals surface area contributed by atoms with Crippen LogP contribution in [0.1, 0.15) is 21.6 Å². The first-order valence-corrected chi connectivity index (χ1v) is 5.68. The van der Waals surface area contributed by atoms with Crippen molar-refractivity contribution in [3.05, 3.63) is 40.7 Å². The maximum Gasteiger partial charge on any atom is 0.180 e. The molecule has 0 aliphatic heterocycles. The van der Waals surface area contributed by atoms with Gasteiger partial charge in [-0.25, -0.2) is 4.98 Å². The van der Waals surface area contributed by atoms with Gasteiger partial charge in [0.15, 0.2) is 10.9 Å². The highest BCUT2D eigenvalue weighted by atomic mass is 32.1. The monoisotopic (exact) mass is 233 g/mol. The van der Waals surface area contributed by atoms with E-state index in [9.17, 15) is 4.79 Å². The van der Waals surface area contributed by atoms with Gasteiger partial charge in [0.25, 0.3) is 0 Å². The van der Waals surface area contributed by atoms with E-state index in [0.29, 0.717) is 16.4 Å². The lowest BCUT2D eigenvalue weighted by Crippen LogP contribution is -2.04. The summed E-state index contributed by atoms with van der Waals surface area (Å²) in [5.74, 6) is 0.0153. The Labute approximate surface area is 97.2 Å². The van der Waals surface area contributed by atoms with Gasteiger partial charge < -0.3 is 5.73 Å². The number of ketones is 1. The van der Waals surface area contributed by atoms with Crippen LogP contribution in [0.5, 0.6) is 0 Å². The smallest absolute Gasteiger partial charge is 0.180 e. The molecule has 16 heavy (non-hydrogen) atoms. The van der Waals surface area contributed by atoms with Crippen molar-refractivity contribution in [2.24, 2.45) is 0 Å². The van der Waals surface area contributed by atoms with Gasteiger partial charge in [0.05, 0.1) is 12.1 Å². The molecule has 2 aromatic rings. The number of nitrogens with two attached hydrogens (primary N) is 1. The molecule has 5 heteroatoms. The predicted octanol–water partition coefficient (Wildman–Crippen LogP) is 1.85. The number of pyridine rings is 1. The summed E-state index contributed by atoms with van der Waals surface area (Å²) in [5, 5.41) is 2.29. The normalized spacial score (nSPS) is 10.3. The van der Waals surface area contributed by atoms with Crippen LogP contribution in [-0.4, -0.2) is 15.8 Å². The second-order valence-corrected chi connectivity index (χ2v) is 4.42. The van der Waals surface area contributed by atoms with E-state index in [1.165, 1.54) is 11.3 Å². The molecule has 4 nitrogen and oxygen atoms in total. The molecule has 0 unspecified atom stereocenters. The third-order valence-electron chi connectivity index (χ3n) is 2.11. The van der Waals surface area contributed by atoms with Crippen molar-refractivity contribution in [2.75, 3.05) is 5.73 Å². The van der Waals surface area contributed by atoms with Gasteiger partial charge in [-0.3, -0.25) is 9.78 Å². The molecule has 2 heterocycles. The number of hydrogen-bond donors (Lipinski definition) is 1. The van der Waals surface area contributed by atoms with Gasteiger partial charge >= 0.3 is 0 Å². The van der Waals surface area contributed by atoms with Crippen LogP contribution < -0.4 is 5.73 Å². The maximum absolute atomic E-state index is 11.9. The van der Waals surface area contributed by atoms with Crippen molar-refractivity contribution in [1.82, 2.24) is 9.97 Å². The summed E-state index contributed by atoms with van der Waals surface area (Å²) >= 11 is 1.34. The minimum absolute atomic E-state index is 0.0153. The van der Waals surface area contributed by atoms with Gasteiger partial charge in [-0.15, -0.1) is 11.3 Å². The van der Waals surface area contributed by atoms with Crippen LogP contribution in [0.4, 0.5) is 5.13 Å². The second-order valence-electron chi connectivity index (χ2n) is 3.53. The molecule has 0 bridgehead atoms. The lowest BCUT2D eigenvalue weighted by molar-refractivity contribution is 0.0991. The zero-order valence-electron chi connectivity index (χ0n) is 8.80. The Morgan fingerprint density at radius 3 is 2.94 bits per heavy atom. The molecule has 0 fully saturated rings. The molecule has 0 saturated carbocycles. The first-order valence-electron chi connectivity index (χ1n) is 4.80. The predicted molar refractivity (Wildman–Crippen MR) is 63.5 cm³/mol. The quantitative estimate of drug-likeness (QED) is 0.821. The van der Waals surface area contributed by atoms with Gasteiger partial charge in [0.1, 0.15) is 0 Å². The number of aromatic nitrogens is 2. The van der Waals surface area contributed by atoms with Crippen LogP contribution in [0.3, 0.4) is 0 Å². The van der Waals surface area contributed by atoms with Gasteiger partial charge in [0.2, 0.25) is 0 Å². The van der Waals surface area contributed by atoms with Crippen molar-refractivity contribution in [2.45, 2.75) is 13.3 Å². The van der Waals surface area contributed by atoms with E-state index in [0.717, 1.165) is 5.56 Å². The summed E-state index contributed by atoms with van der Waals surface area (Å²) in [6.07, 6.45) is 3.57. The van der Waals surface area contributed by atoms with E-state index >= 15 is 0 Å². The third-order valence-corrected chi connectivity index (χ3v) is 2.83. The third kappa shape index (κ3) is 2.43. The number of carbonyl (C=O) groups is 1. The van der Waals surface area contributed by atoms with Gasteiger partial charge in [-0.05, 0) is 18.6 Å². The van der Waals surface area contributed by atoms with E-state index in [2.05, 4.69) is 9.97 Å². The Morgan fingerprint density at radius 2 is 2.31 bits per heavy atom. The summed E-state index contributed by atoms with van der Waals surface area (Å²) in [6, 6.07) is 1.82. The summed E-state index contributed by atoms with van der Waals surface area (Å²) in [6.45, 7) is 1.91. The average molecular weight is 233 g/mol. The Balaban J connectivity index is 2.14. The number of thiazole rings is 1. The first kappa shape index (κ1) is 10.8. The van der Waals surface area contributed by atoms with Crippen LogP contribution in [0.2, 0.25) is 0 Å². The fourth-order valence-corrected chi connectivity index (χ4v) is 1.94. The second kappa shape index (κ2) is 4.40. The standard InChI is InChI=1S/C11H11N3OS/c1-7-2-8(5-13-4-7)10(15)3-9-6-16-11(12)14-9/h2,4-6H,3H2,1H3,(H2,12,14). The van der Waals surface area contributed by atoms with Gasteiger partial charge in [0, 0.05) is 23.3 Å². The molecular formula is C11H11N3OS. The van der Waals surface area contributed by atoms with E-state index in [1.54, 1.807) is 17.8 Å².